The van der Waals surface area contributed by atoms with Crippen molar-refractivity contribution in [2.75, 3.05) is 13.1 Å². The average Bonchev–Trinajstić information content (AvgIpc) is 2.95. The van der Waals surface area contributed by atoms with E-state index in [1.807, 2.05) is 25.3 Å². The first kappa shape index (κ1) is 16.0. The first-order valence-electron chi connectivity index (χ1n) is 8.12. The number of hydrogen-bond donors (Lipinski definition) is 1. The van der Waals surface area contributed by atoms with Crippen LogP contribution >= 0.6 is 0 Å². The summed E-state index contributed by atoms with van der Waals surface area (Å²) in [6, 6.07) is -0.282. The number of likely N-dealkylation sites (tertiary alicyclic amines) is 1. The minimum atomic E-state index is -0.506. The van der Waals surface area contributed by atoms with Crippen LogP contribution in [0.5, 0.6) is 0 Å². The van der Waals surface area contributed by atoms with Gasteiger partial charge in [-0.1, -0.05) is 0 Å². The smallest absolute Gasteiger partial charge is 0.410 e. The highest BCUT2D eigenvalue weighted by Crippen LogP contribution is 2.25. The number of fused-ring (bicyclic) bond motifs is 1. The van der Waals surface area contributed by atoms with Gasteiger partial charge in [-0.3, -0.25) is 10.1 Å². The van der Waals surface area contributed by atoms with Crippen molar-refractivity contribution < 1.29 is 14.3 Å². The van der Waals surface area contributed by atoms with E-state index in [0.717, 1.165) is 12.8 Å². The van der Waals surface area contributed by atoms with E-state index in [1.165, 1.54) is 0 Å². The normalized spacial score (nSPS) is 25.2. The average molecular weight is 320 g/mol. The molecule has 0 spiro atoms. The zero-order chi connectivity index (χ0) is 16.6. The number of carbonyl (C=O) groups excluding carboxylic acids is 2. The summed E-state index contributed by atoms with van der Waals surface area (Å²) < 4.78 is 7.26. The van der Waals surface area contributed by atoms with E-state index in [0.29, 0.717) is 25.6 Å². The van der Waals surface area contributed by atoms with E-state index in [1.54, 1.807) is 17.3 Å². The van der Waals surface area contributed by atoms with Crippen molar-refractivity contribution in [1.29, 1.82) is 0 Å². The molecule has 1 saturated heterocycles. The molecule has 1 aromatic heterocycles. The fourth-order valence-corrected chi connectivity index (χ4v) is 3.25. The number of piperidine rings is 1. The third kappa shape index (κ3) is 3.39. The summed E-state index contributed by atoms with van der Waals surface area (Å²) in [6.45, 7) is 7.38. The number of ether oxygens (including phenoxy) is 1. The van der Waals surface area contributed by atoms with Crippen molar-refractivity contribution in [3.8, 4) is 0 Å². The maximum Gasteiger partial charge on any atom is 0.410 e. The Labute approximate surface area is 136 Å². The molecule has 7 nitrogen and oxygen atoms in total. The van der Waals surface area contributed by atoms with Gasteiger partial charge in [-0.2, -0.15) is 0 Å². The van der Waals surface area contributed by atoms with Crippen molar-refractivity contribution in [2.24, 2.45) is 5.92 Å². The van der Waals surface area contributed by atoms with Gasteiger partial charge in [0.1, 0.15) is 5.60 Å². The summed E-state index contributed by atoms with van der Waals surface area (Å²) in [5.74, 6) is 0.606. The molecule has 2 atom stereocenters. The summed E-state index contributed by atoms with van der Waals surface area (Å²) in [6.07, 6.45) is 4.94. The maximum atomic E-state index is 12.6. The first-order valence-corrected chi connectivity index (χ1v) is 8.12. The third-order valence-corrected chi connectivity index (χ3v) is 4.28. The van der Waals surface area contributed by atoms with Crippen LogP contribution in [0.25, 0.3) is 0 Å². The van der Waals surface area contributed by atoms with Gasteiger partial charge in [-0.25, -0.2) is 9.78 Å². The highest BCUT2D eigenvalue weighted by molar-refractivity contribution is 5.98. The molecule has 1 N–H and O–H groups in total. The van der Waals surface area contributed by atoms with E-state index < -0.39 is 5.60 Å². The molecule has 7 heteroatoms. The van der Waals surface area contributed by atoms with Crippen LogP contribution in [0.2, 0.25) is 0 Å². The lowest BCUT2D eigenvalue weighted by Gasteiger charge is -2.38. The van der Waals surface area contributed by atoms with Crippen LogP contribution in [-0.2, 0) is 11.4 Å². The molecular formula is C16H24N4O3. The zero-order valence-electron chi connectivity index (χ0n) is 13.9. The van der Waals surface area contributed by atoms with Gasteiger partial charge in [0, 0.05) is 25.5 Å². The molecule has 2 aliphatic rings. The van der Waals surface area contributed by atoms with E-state index in [4.69, 9.17) is 4.74 Å². The molecule has 3 heterocycles. The van der Waals surface area contributed by atoms with Crippen LogP contribution in [-0.4, -0.2) is 51.1 Å². The van der Waals surface area contributed by atoms with Gasteiger partial charge in [-0.05, 0) is 39.5 Å². The number of Topliss-reactive ketones (excluding diaryl/α,β-unsaturated/α-hetero) is 1. The largest absolute Gasteiger partial charge is 0.444 e. The second-order valence-corrected chi connectivity index (χ2v) is 7.25. The van der Waals surface area contributed by atoms with Crippen LogP contribution in [0.3, 0.4) is 0 Å². The summed E-state index contributed by atoms with van der Waals surface area (Å²) in [7, 11) is 0. The van der Waals surface area contributed by atoms with Gasteiger partial charge >= 0.3 is 6.09 Å². The van der Waals surface area contributed by atoms with Crippen molar-refractivity contribution in [3.63, 3.8) is 0 Å². The lowest BCUT2D eigenvalue weighted by Crippen LogP contribution is -2.54. The van der Waals surface area contributed by atoms with Crippen LogP contribution in [0.4, 0.5) is 4.79 Å². The highest BCUT2D eigenvalue weighted by Gasteiger charge is 2.38. The molecule has 126 valence electrons. The van der Waals surface area contributed by atoms with Crippen LogP contribution in [0.1, 0.15) is 44.2 Å². The Morgan fingerprint density at radius 3 is 2.96 bits per heavy atom. The van der Waals surface area contributed by atoms with Gasteiger partial charge < -0.3 is 14.2 Å². The SMILES string of the molecule is CC(C)(C)OC(=O)N1CCCC(C2NCn3ccnc3C2=O)C1. The van der Waals surface area contributed by atoms with E-state index in [2.05, 4.69) is 10.3 Å². The molecule has 1 amide bonds. The fraction of sp³-hybridized carbons (Fsp3) is 0.688. The standard InChI is InChI=1S/C16H24N4O3/c1-16(2,3)23-15(22)19-7-4-5-11(9-19)12-13(21)14-17-6-8-20(14)10-18-12/h6,8,11-12,18H,4-5,7,9-10H2,1-3H3. The van der Waals surface area contributed by atoms with Crippen molar-refractivity contribution in [2.45, 2.75) is 51.9 Å². The molecule has 0 radical (unpaired) electrons. The predicted octanol–water partition coefficient (Wildman–Crippen LogP) is 1.64. The molecule has 0 bridgehead atoms. The highest BCUT2D eigenvalue weighted by atomic mass is 16.6. The number of amides is 1. The molecular weight excluding hydrogens is 296 g/mol. The molecule has 0 aromatic carbocycles. The monoisotopic (exact) mass is 320 g/mol. The van der Waals surface area contributed by atoms with Gasteiger partial charge in [0.2, 0.25) is 5.78 Å². The Morgan fingerprint density at radius 2 is 2.22 bits per heavy atom. The molecule has 0 aliphatic carbocycles. The molecule has 2 unspecified atom stereocenters. The number of aromatic nitrogens is 2. The van der Waals surface area contributed by atoms with Crippen molar-refractivity contribution in [1.82, 2.24) is 19.8 Å². The number of rotatable bonds is 1. The topological polar surface area (TPSA) is 76.5 Å². The van der Waals surface area contributed by atoms with Crippen molar-refractivity contribution >= 4 is 11.9 Å². The zero-order valence-corrected chi connectivity index (χ0v) is 13.9. The number of nitrogens with zero attached hydrogens (tertiary/aromatic N) is 3. The predicted molar refractivity (Wildman–Crippen MR) is 84.0 cm³/mol. The van der Waals surface area contributed by atoms with Crippen LogP contribution < -0.4 is 5.32 Å². The lowest BCUT2D eigenvalue weighted by atomic mass is 9.87. The summed E-state index contributed by atoms with van der Waals surface area (Å²) in [5.41, 5.74) is -0.506. The lowest BCUT2D eigenvalue weighted by molar-refractivity contribution is 0.0138. The number of carbonyl (C=O) groups is 2. The second kappa shape index (κ2) is 5.96. The van der Waals surface area contributed by atoms with E-state index in [-0.39, 0.29) is 23.8 Å². The molecule has 3 rings (SSSR count). The minimum absolute atomic E-state index is 0.0114. The van der Waals surface area contributed by atoms with Gasteiger partial charge in [0.15, 0.2) is 5.82 Å². The molecule has 0 saturated carbocycles. The second-order valence-electron chi connectivity index (χ2n) is 7.25. The van der Waals surface area contributed by atoms with Gasteiger partial charge in [0.25, 0.3) is 0 Å². The third-order valence-electron chi connectivity index (χ3n) is 4.28. The number of ketones is 1. The van der Waals surface area contributed by atoms with Crippen LogP contribution in [0, 0.1) is 5.92 Å². The fourth-order valence-electron chi connectivity index (χ4n) is 3.25. The first-order chi connectivity index (χ1) is 10.8. The maximum absolute atomic E-state index is 12.6. The van der Waals surface area contributed by atoms with E-state index in [9.17, 15) is 9.59 Å². The minimum Gasteiger partial charge on any atom is -0.444 e. The Kier molecular flexibility index (Phi) is 4.14. The molecule has 1 aromatic rings. The van der Waals surface area contributed by atoms with E-state index >= 15 is 0 Å². The number of hydrogen-bond acceptors (Lipinski definition) is 5. The molecule has 2 aliphatic heterocycles. The van der Waals surface area contributed by atoms with Gasteiger partial charge in [0.05, 0.1) is 12.7 Å². The quantitative estimate of drug-likeness (QED) is 0.851. The summed E-state index contributed by atoms with van der Waals surface area (Å²) in [5, 5.41) is 3.28. The Balaban J connectivity index is 1.67. The molecule has 1 fully saturated rings. The van der Waals surface area contributed by atoms with Gasteiger partial charge in [-0.15, -0.1) is 0 Å². The Hall–Kier alpha value is -1.89. The number of imidazole rings is 1. The number of nitrogens with one attached hydrogen (secondary N) is 1. The molecule has 23 heavy (non-hydrogen) atoms. The van der Waals surface area contributed by atoms with Crippen molar-refractivity contribution in [3.05, 3.63) is 18.2 Å². The summed E-state index contributed by atoms with van der Waals surface area (Å²) in [4.78, 5) is 30.7. The Morgan fingerprint density at radius 1 is 1.43 bits per heavy atom. The summed E-state index contributed by atoms with van der Waals surface area (Å²) >= 11 is 0. The van der Waals surface area contributed by atoms with Crippen LogP contribution in [0.15, 0.2) is 12.4 Å². The Bertz CT molecular complexity index is 605.